The Kier molecular flexibility index (Phi) is 6.27. The number of ether oxygens (including phenoxy) is 1. The summed E-state index contributed by atoms with van der Waals surface area (Å²) in [7, 11) is 0. The molecular formula is C19H17NO7. The quantitative estimate of drug-likeness (QED) is 0.499. The number of nitrogens with one attached hydrogen (secondary N) is 1. The van der Waals surface area contributed by atoms with Crippen molar-refractivity contribution in [2.24, 2.45) is 0 Å². The van der Waals surface area contributed by atoms with Crippen LogP contribution in [0.25, 0.3) is 0 Å². The van der Waals surface area contributed by atoms with Crippen molar-refractivity contribution in [3.63, 3.8) is 0 Å². The molecule has 0 aliphatic heterocycles. The van der Waals surface area contributed by atoms with E-state index in [1.165, 1.54) is 55.5 Å². The summed E-state index contributed by atoms with van der Waals surface area (Å²) >= 11 is 0. The molecule has 0 aliphatic rings. The van der Waals surface area contributed by atoms with Crippen LogP contribution in [0.4, 0.5) is 0 Å². The number of carbonyl (C=O) groups is 4. The molecule has 0 saturated heterocycles. The molecule has 0 radical (unpaired) electrons. The second kappa shape index (κ2) is 8.61. The minimum atomic E-state index is -1.23. The highest BCUT2D eigenvalue weighted by Crippen LogP contribution is 2.14. The Hall–Kier alpha value is -3.68. The lowest BCUT2D eigenvalue weighted by molar-refractivity contribution is -0.139. The summed E-state index contributed by atoms with van der Waals surface area (Å²) in [4.78, 5) is 45.7. The number of carboxylic acid groups (broad SMARTS) is 2. The predicted octanol–water partition coefficient (Wildman–Crippen LogP) is 1.74. The maximum absolute atomic E-state index is 12.3. The molecule has 0 heterocycles. The zero-order valence-corrected chi connectivity index (χ0v) is 14.3. The molecule has 1 atom stereocenters. The maximum atomic E-state index is 12.3. The Bertz CT molecular complexity index is 874. The number of carbonyl (C=O) groups excluding carboxylic acids is 2. The number of aromatic carboxylic acids is 1. The van der Waals surface area contributed by atoms with Crippen LogP contribution in [0.3, 0.4) is 0 Å². The summed E-state index contributed by atoms with van der Waals surface area (Å²) < 4.78 is 4.90. The van der Waals surface area contributed by atoms with Crippen LogP contribution in [0.2, 0.25) is 0 Å². The summed E-state index contributed by atoms with van der Waals surface area (Å²) in [6, 6.07) is 10.3. The van der Waals surface area contributed by atoms with Crippen LogP contribution >= 0.6 is 0 Å². The molecule has 0 bridgehead atoms. The standard InChI is InChI=1S/C19H17NO7/c1-11(21)27-15-4-2-3-14(10-15)17(22)20-16(19(25)26)9-12-5-7-13(8-6-12)18(23)24/h2-8,10,16H,9H2,1H3,(H,20,22)(H,23,24)(H,25,26)/t16-/m0/s1. The minimum Gasteiger partial charge on any atom is -0.480 e. The fourth-order valence-corrected chi connectivity index (χ4v) is 2.33. The van der Waals surface area contributed by atoms with E-state index < -0.39 is 29.9 Å². The Morgan fingerprint density at radius 3 is 2.22 bits per heavy atom. The molecule has 27 heavy (non-hydrogen) atoms. The lowest BCUT2D eigenvalue weighted by Crippen LogP contribution is -2.42. The summed E-state index contributed by atoms with van der Waals surface area (Å²) in [5.41, 5.74) is 0.777. The number of hydrogen-bond donors (Lipinski definition) is 3. The minimum absolute atomic E-state index is 0.0232. The third-order valence-electron chi connectivity index (χ3n) is 3.60. The molecule has 0 saturated carbocycles. The lowest BCUT2D eigenvalue weighted by Gasteiger charge is -2.15. The van der Waals surface area contributed by atoms with Crippen LogP contribution in [-0.2, 0) is 16.0 Å². The molecular weight excluding hydrogens is 354 g/mol. The monoisotopic (exact) mass is 371 g/mol. The molecule has 0 spiro atoms. The molecule has 140 valence electrons. The zero-order chi connectivity index (χ0) is 20.0. The molecule has 2 aromatic carbocycles. The number of carboxylic acids is 2. The lowest BCUT2D eigenvalue weighted by atomic mass is 10.0. The smallest absolute Gasteiger partial charge is 0.335 e. The van der Waals surface area contributed by atoms with Crippen LogP contribution in [0.1, 0.15) is 33.2 Å². The third-order valence-corrected chi connectivity index (χ3v) is 3.60. The zero-order valence-electron chi connectivity index (χ0n) is 14.3. The van der Waals surface area contributed by atoms with Gasteiger partial charge in [0.05, 0.1) is 5.56 Å². The van der Waals surface area contributed by atoms with Crippen LogP contribution in [-0.4, -0.2) is 40.1 Å². The first kappa shape index (κ1) is 19.6. The van der Waals surface area contributed by atoms with E-state index in [-0.39, 0.29) is 23.3 Å². The molecule has 0 unspecified atom stereocenters. The molecule has 2 rings (SSSR count). The summed E-state index contributed by atoms with van der Waals surface area (Å²) in [5.74, 6) is -3.33. The fraction of sp³-hybridized carbons (Fsp3) is 0.158. The molecule has 8 heteroatoms. The van der Waals surface area contributed by atoms with Gasteiger partial charge in [0.15, 0.2) is 0 Å². The Balaban J connectivity index is 2.11. The molecule has 0 aromatic heterocycles. The summed E-state index contributed by atoms with van der Waals surface area (Å²) in [6.45, 7) is 1.23. The van der Waals surface area contributed by atoms with Crippen molar-refractivity contribution in [2.45, 2.75) is 19.4 Å². The predicted molar refractivity (Wildman–Crippen MR) is 93.7 cm³/mol. The number of amides is 1. The number of esters is 1. The number of aliphatic carboxylic acids is 1. The number of hydrogen-bond acceptors (Lipinski definition) is 5. The highest BCUT2D eigenvalue weighted by atomic mass is 16.5. The number of benzene rings is 2. The van der Waals surface area contributed by atoms with Crippen molar-refractivity contribution >= 4 is 23.8 Å². The van der Waals surface area contributed by atoms with Gasteiger partial charge in [-0.15, -0.1) is 0 Å². The van der Waals surface area contributed by atoms with Gasteiger partial charge in [-0.1, -0.05) is 18.2 Å². The van der Waals surface area contributed by atoms with Gasteiger partial charge in [-0.25, -0.2) is 9.59 Å². The van der Waals surface area contributed by atoms with Gasteiger partial charge >= 0.3 is 17.9 Å². The van der Waals surface area contributed by atoms with E-state index in [9.17, 15) is 24.3 Å². The third kappa shape index (κ3) is 5.67. The molecule has 2 aromatic rings. The normalized spacial score (nSPS) is 11.3. The van der Waals surface area contributed by atoms with Crippen LogP contribution in [0.15, 0.2) is 48.5 Å². The maximum Gasteiger partial charge on any atom is 0.335 e. The van der Waals surface area contributed by atoms with Gasteiger partial charge in [-0.3, -0.25) is 9.59 Å². The Morgan fingerprint density at radius 2 is 1.67 bits per heavy atom. The first-order chi connectivity index (χ1) is 12.8. The van der Waals surface area contributed by atoms with E-state index in [4.69, 9.17) is 9.84 Å². The summed E-state index contributed by atoms with van der Waals surface area (Å²) in [6.07, 6.45) is -0.0232. The van der Waals surface area contributed by atoms with Crippen molar-refractivity contribution in [3.8, 4) is 5.75 Å². The van der Waals surface area contributed by atoms with Crippen LogP contribution < -0.4 is 10.1 Å². The van der Waals surface area contributed by atoms with Crippen LogP contribution in [0, 0.1) is 0 Å². The first-order valence-corrected chi connectivity index (χ1v) is 7.90. The topological polar surface area (TPSA) is 130 Å². The first-order valence-electron chi connectivity index (χ1n) is 7.90. The average molecular weight is 371 g/mol. The van der Waals surface area contributed by atoms with Gasteiger partial charge < -0.3 is 20.3 Å². The molecule has 3 N–H and O–H groups in total. The van der Waals surface area contributed by atoms with Crippen molar-refractivity contribution in [1.82, 2.24) is 5.32 Å². The molecule has 0 fully saturated rings. The Morgan fingerprint density at radius 1 is 1.00 bits per heavy atom. The molecule has 8 nitrogen and oxygen atoms in total. The number of rotatable bonds is 7. The van der Waals surface area contributed by atoms with Gasteiger partial charge in [-0.2, -0.15) is 0 Å². The molecule has 1 amide bonds. The average Bonchev–Trinajstić information content (AvgIpc) is 2.61. The second-order valence-electron chi connectivity index (χ2n) is 5.69. The highest BCUT2D eigenvalue weighted by Gasteiger charge is 2.21. The van der Waals surface area contributed by atoms with Crippen LogP contribution in [0.5, 0.6) is 5.75 Å². The van der Waals surface area contributed by atoms with E-state index in [2.05, 4.69) is 5.32 Å². The van der Waals surface area contributed by atoms with Gasteiger partial charge in [0, 0.05) is 18.9 Å². The fourth-order valence-electron chi connectivity index (χ4n) is 2.33. The van der Waals surface area contributed by atoms with E-state index >= 15 is 0 Å². The van der Waals surface area contributed by atoms with E-state index in [1.54, 1.807) is 0 Å². The van der Waals surface area contributed by atoms with E-state index in [0.717, 1.165) is 0 Å². The van der Waals surface area contributed by atoms with E-state index in [1.807, 2.05) is 0 Å². The summed E-state index contributed by atoms with van der Waals surface area (Å²) in [5, 5.41) is 20.7. The van der Waals surface area contributed by atoms with Crippen molar-refractivity contribution < 1.29 is 34.1 Å². The van der Waals surface area contributed by atoms with Crippen molar-refractivity contribution in [3.05, 3.63) is 65.2 Å². The van der Waals surface area contributed by atoms with Gasteiger partial charge in [-0.05, 0) is 35.9 Å². The van der Waals surface area contributed by atoms with Gasteiger partial charge in [0.1, 0.15) is 11.8 Å². The van der Waals surface area contributed by atoms with E-state index in [0.29, 0.717) is 5.56 Å². The van der Waals surface area contributed by atoms with Gasteiger partial charge in [0.2, 0.25) is 0 Å². The molecule has 0 aliphatic carbocycles. The largest absolute Gasteiger partial charge is 0.480 e. The van der Waals surface area contributed by atoms with Crippen molar-refractivity contribution in [1.29, 1.82) is 0 Å². The second-order valence-corrected chi connectivity index (χ2v) is 5.69. The Labute approximate surface area is 154 Å². The SMILES string of the molecule is CC(=O)Oc1cccc(C(=O)N[C@@H](Cc2ccc(C(=O)O)cc2)C(=O)O)c1. The van der Waals surface area contributed by atoms with Crippen molar-refractivity contribution in [2.75, 3.05) is 0 Å². The highest BCUT2D eigenvalue weighted by molar-refractivity contribution is 5.97. The van der Waals surface area contributed by atoms with Gasteiger partial charge in [0.25, 0.3) is 5.91 Å².